The molecule has 0 aromatic heterocycles. The van der Waals surface area contributed by atoms with Crippen molar-refractivity contribution < 1.29 is 14.3 Å². The van der Waals surface area contributed by atoms with Gasteiger partial charge in [0.1, 0.15) is 5.75 Å². The Bertz CT molecular complexity index is 1080. The van der Waals surface area contributed by atoms with Gasteiger partial charge in [-0.3, -0.25) is 14.5 Å². The summed E-state index contributed by atoms with van der Waals surface area (Å²) in [5.41, 5.74) is 3.41. The van der Waals surface area contributed by atoms with Gasteiger partial charge in [0.25, 0.3) is 5.91 Å². The summed E-state index contributed by atoms with van der Waals surface area (Å²) >= 11 is 0. The van der Waals surface area contributed by atoms with Crippen LogP contribution < -0.4 is 4.74 Å². The molecule has 2 aromatic carbocycles. The molecular weight excluding hydrogens is 462 g/mol. The van der Waals surface area contributed by atoms with Gasteiger partial charge in [0.2, 0.25) is 5.91 Å². The lowest BCUT2D eigenvalue weighted by Gasteiger charge is -2.38. The Kier molecular flexibility index (Phi) is 9.04. The molecular formula is C31H41N3O3. The largest absolute Gasteiger partial charge is 0.481 e. The van der Waals surface area contributed by atoms with E-state index in [0.717, 1.165) is 37.2 Å². The number of fused-ring (bicyclic) bond motifs is 1. The molecule has 0 aliphatic carbocycles. The van der Waals surface area contributed by atoms with Crippen LogP contribution in [-0.4, -0.2) is 71.9 Å². The lowest BCUT2D eigenvalue weighted by atomic mass is 9.87. The average molecular weight is 504 g/mol. The maximum Gasteiger partial charge on any atom is 0.263 e. The zero-order valence-corrected chi connectivity index (χ0v) is 22.6. The van der Waals surface area contributed by atoms with Gasteiger partial charge in [-0.15, -0.1) is 6.58 Å². The van der Waals surface area contributed by atoms with E-state index in [0.29, 0.717) is 44.1 Å². The van der Waals surface area contributed by atoms with Gasteiger partial charge in [0, 0.05) is 45.7 Å². The van der Waals surface area contributed by atoms with Crippen molar-refractivity contribution in [2.24, 2.45) is 5.92 Å². The van der Waals surface area contributed by atoms with Gasteiger partial charge in [-0.25, -0.2) is 0 Å². The fourth-order valence-electron chi connectivity index (χ4n) is 5.41. The highest BCUT2D eigenvalue weighted by atomic mass is 16.5. The maximum absolute atomic E-state index is 13.3. The Hall–Kier alpha value is -3.12. The van der Waals surface area contributed by atoms with Gasteiger partial charge in [-0.2, -0.15) is 0 Å². The van der Waals surface area contributed by atoms with E-state index in [4.69, 9.17) is 4.74 Å². The van der Waals surface area contributed by atoms with Crippen molar-refractivity contribution >= 4 is 11.8 Å². The highest BCUT2D eigenvalue weighted by Crippen LogP contribution is 2.38. The highest BCUT2D eigenvalue weighted by Gasteiger charge is 2.33. The summed E-state index contributed by atoms with van der Waals surface area (Å²) in [5, 5.41) is 0. The quantitative estimate of drug-likeness (QED) is 0.466. The van der Waals surface area contributed by atoms with Gasteiger partial charge >= 0.3 is 0 Å². The van der Waals surface area contributed by atoms with Gasteiger partial charge in [0.15, 0.2) is 6.10 Å². The van der Waals surface area contributed by atoms with Gasteiger partial charge < -0.3 is 14.5 Å². The van der Waals surface area contributed by atoms with Crippen molar-refractivity contribution in [2.45, 2.75) is 52.2 Å². The normalized spacial score (nSPS) is 18.9. The summed E-state index contributed by atoms with van der Waals surface area (Å²) in [4.78, 5) is 32.8. The second kappa shape index (κ2) is 12.4. The first-order valence-corrected chi connectivity index (χ1v) is 13.7. The van der Waals surface area contributed by atoms with Crippen LogP contribution in [-0.2, 0) is 16.0 Å². The van der Waals surface area contributed by atoms with Crippen LogP contribution in [0.1, 0.15) is 56.3 Å². The van der Waals surface area contributed by atoms with E-state index in [1.807, 2.05) is 47.1 Å². The number of piperazine rings is 1. The molecule has 0 radical (unpaired) electrons. The van der Waals surface area contributed by atoms with Crippen molar-refractivity contribution in [1.82, 2.24) is 14.7 Å². The van der Waals surface area contributed by atoms with Crippen LogP contribution in [0.3, 0.4) is 0 Å². The minimum Gasteiger partial charge on any atom is -0.481 e. The van der Waals surface area contributed by atoms with Crippen LogP contribution in [0.2, 0.25) is 0 Å². The third-order valence-corrected chi connectivity index (χ3v) is 7.36. The van der Waals surface area contributed by atoms with Gasteiger partial charge in [0.05, 0.1) is 6.04 Å². The minimum atomic E-state index is -0.526. The molecule has 2 heterocycles. The maximum atomic E-state index is 13.3. The Morgan fingerprint density at radius 1 is 1.05 bits per heavy atom. The summed E-state index contributed by atoms with van der Waals surface area (Å²) in [6.07, 6.45) is 3.33. The summed E-state index contributed by atoms with van der Waals surface area (Å²) < 4.78 is 6.34. The van der Waals surface area contributed by atoms with E-state index in [1.165, 1.54) is 5.56 Å². The Labute approximate surface area is 221 Å². The van der Waals surface area contributed by atoms with E-state index >= 15 is 0 Å². The standard InChI is InChI=1S/C31H41N3O3/c1-5-15-32-17-19-33(20-18-32)31(36)28(6-2)37-26-13-12-24-14-16-34(29(35)21-23(3)4)30(27(24)22-26)25-10-8-7-9-11-25/h5,7-13,22-23,28,30H,1,6,14-21H2,2-4H3/t28-,30-/m1/s1. The molecule has 1 saturated heterocycles. The van der Waals surface area contributed by atoms with E-state index in [-0.39, 0.29) is 17.9 Å². The van der Waals surface area contributed by atoms with E-state index in [9.17, 15) is 9.59 Å². The SMILES string of the molecule is C=CCN1CCN(C(=O)[C@@H](CC)Oc2ccc3c(c2)[C@@H](c2ccccc2)N(C(=O)CC(C)C)CC3)CC1. The Morgan fingerprint density at radius 3 is 2.43 bits per heavy atom. The number of hydrogen-bond donors (Lipinski definition) is 0. The average Bonchev–Trinajstić information content (AvgIpc) is 2.91. The molecule has 37 heavy (non-hydrogen) atoms. The van der Waals surface area contributed by atoms with Crippen molar-refractivity contribution in [3.05, 3.63) is 77.9 Å². The molecule has 0 saturated carbocycles. The van der Waals surface area contributed by atoms with Crippen LogP contribution in [0.5, 0.6) is 5.75 Å². The fraction of sp³-hybridized carbons (Fsp3) is 0.484. The number of ether oxygens (including phenoxy) is 1. The van der Waals surface area contributed by atoms with E-state index < -0.39 is 6.10 Å². The lowest BCUT2D eigenvalue weighted by molar-refractivity contribution is -0.140. The minimum absolute atomic E-state index is 0.0480. The molecule has 198 valence electrons. The molecule has 1 fully saturated rings. The molecule has 2 aromatic rings. The van der Waals surface area contributed by atoms with Crippen molar-refractivity contribution in [3.8, 4) is 5.75 Å². The number of rotatable bonds is 9. The first kappa shape index (κ1) is 26.9. The summed E-state index contributed by atoms with van der Waals surface area (Å²) in [6.45, 7) is 14.7. The zero-order chi connectivity index (χ0) is 26.4. The number of nitrogens with zero attached hydrogens (tertiary/aromatic N) is 3. The molecule has 0 unspecified atom stereocenters. The fourth-order valence-corrected chi connectivity index (χ4v) is 5.41. The number of carbonyl (C=O) groups excluding carboxylic acids is 2. The molecule has 4 rings (SSSR count). The highest BCUT2D eigenvalue weighted by molar-refractivity contribution is 5.81. The monoisotopic (exact) mass is 503 g/mol. The van der Waals surface area contributed by atoms with E-state index in [2.05, 4.69) is 49.6 Å². The third-order valence-electron chi connectivity index (χ3n) is 7.36. The van der Waals surface area contributed by atoms with Crippen LogP contribution in [0.25, 0.3) is 0 Å². The predicted octanol–water partition coefficient (Wildman–Crippen LogP) is 4.69. The molecule has 2 aliphatic heterocycles. The Balaban J connectivity index is 1.56. The predicted molar refractivity (Wildman–Crippen MR) is 148 cm³/mol. The Morgan fingerprint density at radius 2 is 1.78 bits per heavy atom. The second-order valence-electron chi connectivity index (χ2n) is 10.5. The first-order valence-electron chi connectivity index (χ1n) is 13.7. The zero-order valence-electron chi connectivity index (χ0n) is 22.6. The molecule has 2 aliphatic rings. The summed E-state index contributed by atoms with van der Waals surface area (Å²) in [5.74, 6) is 1.21. The van der Waals surface area contributed by atoms with Crippen LogP contribution >= 0.6 is 0 Å². The number of benzene rings is 2. The molecule has 6 nitrogen and oxygen atoms in total. The second-order valence-corrected chi connectivity index (χ2v) is 10.5. The van der Waals surface area contributed by atoms with E-state index in [1.54, 1.807) is 0 Å². The molecule has 2 amide bonds. The number of hydrogen-bond acceptors (Lipinski definition) is 4. The number of amides is 2. The van der Waals surface area contributed by atoms with Crippen LogP contribution in [0, 0.1) is 5.92 Å². The van der Waals surface area contributed by atoms with Crippen molar-refractivity contribution in [1.29, 1.82) is 0 Å². The molecule has 0 spiro atoms. The summed E-state index contributed by atoms with van der Waals surface area (Å²) in [7, 11) is 0. The third kappa shape index (κ3) is 6.42. The molecule has 2 atom stereocenters. The van der Waals surface area contributed by atoms with Crippen LogP contribution in [0.4, 0.5) is 0 Å². The lowest BCUT2D eigenvalue weighted by Crippen LogP contribution is -2.52. The van der Waals surface area contributed by atoms with Crippen molar-refractivity contribution in [2.75, 3.05) is 39.3 Å². The molecule has 0 bridgehead atoms. The van der Waals surface area contributed by atoms with Gasteiger partial charge in [-0.05, 0) is 47.6 Å². The van der Waals surface area contributed by atoms with Crippen LogP contribution in [0.15, 0.2) is 61.2 Å². The molecule has 0 N–H and O–H groups in total. The summed E-state index contributed by atoms with van der Waals surface area (Å²) in [6, 6.07) is 16.2. The topological polar surface area (TPSA) is 53.1 Å². The molecule has 6 heteroatoms. The van der Waals surface area contributed by atoms with Gasteiger partial charge in [-0.1, -0.05) is 63.2 Å². The smallest absolute Gasteiger partial charge is 0.263 e. The first-order chi connectivity index (χ1) is 17.9. The number of carbonyl (C=O) groups is 2. The van der Waals surface area contributed by atoms with Crippen molar-refractivity contribution in [3.63, 3.8) is 0 Å².